The van der Waals surface area contributed by atoms with E-state index in [1.807, 2.05) is 0 Å². The zero-order valence-electron chi connectivity index (χ0n) is 15.0. The molecule has 3 heterocycles. The van der Waals surface area contributed by atoms with Crippen LogP contribution in [0.4, 0.5) is 0 Å². The van der Waals surface area contributed by atoms with Gasteiger partial charge in [-0.2, -0.15) is 0 Å². The quantitative estimate of drug-likeness (QED) is 0.226. The third kappa shape index (κ3) is 6.49. The van der Waals surface area contributed by atoms with E-state index in [9.17, 15) is 33.9 Å². The SMILES string of the molecule is O=c1[nH]cnc2c1ncn2[C@@H]1O[C@@H](COP(=O)([O-])OP(=O)([O-])O)[C@@H](O)[C@H]1O.[Na+].[Na+]. The molecule has 0 bridgehead atoms. The van der Waals surface area contributed by atoms with Crippen LogP contribution < -0.4 is 74.5 Å². The molecule has 6 atom stereocenters. The van der Waals surface area contributed by atoms with Gasteiger partial charge in [-0.1, -0.05) is 0 Å². The summed E-state index contributed by atoms with van der Waals surface area (Å²) in [6.45, 7) is -0.934. The van der Waals surface area contributed by atoms with E-state index < -0.39 is 52.4 Å². The van der Waals surface area contributed by atoms with Crippen molar-refractivity contribution in [3.05, 3.63) is 23.0 Å². The van der Waals surface area contributed by atoms with Crippen molar-refractivity contribution in [1.82, 2.24) is 19.5 Å². The fourth-order valence-corrected chi connectivity index (χ4v) is 3.99. The Balaban J connectivity index is 0.00000210. The molecule has 0 spiro atoms. The average molecular weight is 472 g/mol. The number of aliphatic hydroxyl groups excluding tert-OH is 2. The maximum atomic E-state index is 11.7. The van der Waals surface area contributed by atoms with Crippen molar-refractivity contribution < 1.29 is 107 Å². The van der Waals surface area contributed by atoms with Crippen LogP contribution in [0.15, 0.2) is 17.4 Å². The number of fused-ring (bicyclic) bond motifs is 1. The summed E-state index contributed by atoms with van der Waals surface area (Å²) >= 11 is 0. The number of nitrogens with one attached hydrogen (secondary N) is 1. The number of rotatable bonds is 6. The first-order valence-electron chi connectivity index (χ1n) is 7.11. The molecular formula is C10H12N4Na2O11P2. The minimum Gasteiger partial charge on any atom is -0.756 e. The monoisotopic (exact) mass is 472 g/mol. The first kappa shape index (κ1) is 27.5. The van der Waals surface area contributed by atoms with E-state index in [2.05, 4.69) is 23.8 Å². The number of imidazole rings is 1. The number of nitrogens with zero attached hydrogens (tertiary/aromatic N) is 3. The predicted octanol–water partition coefficient (Wildman–Crippen LogP) is -9.29. The van der Waals surface area contributed by atoms with Gasteiger partial charge in [-0.15, -0.1) is 0 Å². The predicted molar refractivity (Wildman–Crippen MR) is 78.5 cm³/mol. The van der Waals surface area contributed by atoms with Crippen LogP contribution in [-0.4, -0.2) is 59.5 Å². The second kappa shape index (κ2) is 10.4. The molecule has 2 aromatic heterocycles. The summed E-state index contributed by atoms with van der Waals surface area (Å²) in [5.74, 6) is 0. The number of H-pyrrole nitrogens is 1. The van der Waals surface area contributed by atoms with Gasteiger partial charge in [0.15, 0.2) is 17.4 Å². The molecule has 19 heteroatoms. The van der Waals surface area contributed by atoms with Gasteiger partial charge >= 0.3 is 59.1 Å². The smallest absolute Gasteiger partial charge is 0.756 e. The van der Waals surface area contributed by atoms with Crippen molar-refractivity contribution in [2.75, 3.05) is 6.61 Å². The van der Waals surface area contributed by atoms with Crippen molar-refractivity contribution in [1.29, 1.82) is 0 Å². The number of phosphoric acid groups is 2. The summed E-state index contributed by atoms with van der Waals surface area (Å²) in [6, 6.07) is 0. The Labute approximate surface area is 205 Å². The van der Waals surface area contributed by atoms with Crippen molar-refractivity contribution in [2.45, 2.75) is 24.5 Å². The summed E-state index contributed by atoms with van der Waals surface area (Å²) in [4.78, 5) is 51.8. The Bertz CT molecular complexity index is 995. The molecule has 1 aliphatic rings. The van der Waals surface area contributed by atoms with E-state index in [-0.39, 0.29) is 70.3 Å². The number of aromatic amines is 1. The fourth-order valence-electron chi connectivity index (χ4n) is 2.46. The van der Waals surface area contributed by atoms with Gasteiger partial charge in [-0.05, 0) is 0 Å². The summed E-state index contributed by atoms with van der Waals surface area (Å²) < 4.78 is 35.9. The van der Waals surface area contributed by atoms with Crippen molar-refractivity contribution in [3.8, 4) is 0 Å². The van der Waals surface area contributed by atoms with Crippen LogP contribution in [0.2, 0.25) is 0 Å². The van der Waals surface area contributed by atoms with Gasteiger partial charge in [0.05, 0.1) is 19.3 Å². The third-order valence-corrected chi connectivity index (χ3v) is 5.67. The molecule has 4 N–H and O–H groups in total. The van der Waals surface area contributed by atoms with Gasteiger partial charge in [-0.3, -0.25) is 18.5 Å². The third-order valence-electron chi connectivity index (χ3n) is 3.58. The molecule has 0 amide bonds. The largest absolute Gasteiger partial charge is 1.00 e. The zero-order chi connectivity index (χ0) is 20.0. The molecule has 0 saturated carbocycles. The number of ether oxygens (including phenoxy) is 1. The number of aliphatic hydroxyl groups is 2. The summed E-state index contributed by atoms with van der Waals surface area (Å²) in [5.41, 5.74) is -0.585. The van der Waals surface area contributed by atoms with Gasteiger partial charge in [0.1, 0.15) is 18.3 Å². The van der Waals surface area contributed by atoms with E-state index in [1.54, 1.807) is 0 Å². The van der Waals surface area contributed by atoms with E-state index >= 15 is 0 Å². The topological polar surface area (TPSA) is 232 Å². The number of phosphoric ester groups is 1. The molecule has 15 nitrogen and oxygen atoms in total. The van der Waals surface area contributed by atoms with E-state index in [1.165, 1.54) is 0 Å². The van der Waals surface area contributed by atoms with Crippen LogP contribution in [0, 0.1) is 0 Å². The summed E-state index contributed by atoms with van der Waals surface area (Å²) in [5, 5.41) is 20.1. The molecule has 3 rings (SSSR count). The van der Waals surface area contributed by atoms with E-state index in [0.29, 0.717) is 0 Å². The first-order chi connectivity index (χ1) is 12.5. The summed E-state index contributed by atoms with van der Waals surface area (Å²) in [7, 11) is -11.1. The second-order valence-corrected chi connectivity index (χ2v) is 8.14. The molecule has 1 fully saturated rings. The molecule has 2 unspecified atom stereocenters. The molecular weight excluding hydrogens is 460 g/mol. The summed E-state index contributed by atoms with van der Waals surface area (Å²) in [6.07, 6.45) is -3.77. The Kier molecular flexibility index (Phi) is 9.87. The Hall–Kier alpha value is 0.490. The Morgan fingerprint density at radius 2 is 1.90 bits per heavy atom. The van der Waals surface area contributed by atoms with Gasteiger partial charge in [0, 0.05) is 0 Å². The van der Waals surface area contributed by atoms with Gasteiger partial charge < -0.3 is 39.1 Å². The molecule has 2 aromatic rings. The van der Waals surface area contributed by atoms with Crippen LogP contribution in [0.3, 0.4) is 0 Å². The first-order valence-corrected chi connectivity index (χ1v) is 10.1. The molecule has 0 radical (unpaired) electrons. The maximum Gasteiger partial charge on any atom is 1.00 e. The fraction of sp³-hybridized carbons (Fsp3) is 0.500. The second-order valence-electron chi connectivity index (χ2n) is 5.40. The minimum atomic E-state index is -5.62. The van der Waals surface area contributed by atoms with Crippen molar-refractivity contribution in [2.24, 2.45) is 0 Å². The normalized spacial score (nSPS) is 28.2. The van der Waals surface area contributed by atoms with Gasteiger partial charge in [0.25, 0.3) is 21.2 Å². The molecule has 0 aromatic carbocycles. The molecule has 29 heavy (non-hydrogen) atoms. The van der Waals surface area contributed by atoms with Crippen LogP contribution in [0.25, 0.3) is 11.2 Å². The van der Waals surface area contributed by atoms with E-state index in [4.69, 9.17) is 9.63 Å². The number of hydrogen-bond donors (Lipinski definition) is 4. The van der Waals surface area contributed by atoms with Crippen LogP contribution >= 0.6 is 15.6 Å². The van der Waals surface area contributed by atoms with E-state index in [0.717, 1.165) is 17.2 Å². The van der Waals surface area contributed by atoms with Gasteiger partial charge in [0.2, 0.25) is 0 Å². The van der Waals surface area contributed by atoms with Crippen LogP contribution in [0.1, 0.15) is 6.23 Å². The molecule has 1 aliphatic heterocycles. The standard InChI is InChI=1S/C10H14N4O11P2.2Na/c15-6-4(1-23-27(21,22)25-26(18,19)20)24-10(7(6)16)14-3-13-5-8(14)11-2-12-9(5)17;;/h2-4,6-7,10,15-16H,1H2,(H,21,22)(H,11,12,17)(H2,18,19,20);;/q;2*+1/p-2/t4-,6+,7+,10+;;/m0../s1. The Morgan fingerprint density at radius 1 is 1.24 bits per heavy atom. The molecule has 1 saturated heterocycles. The minimum absolute atomic E-state index is 0. The molecule has 150 valence electrons. The van der Waals surface area contributed by atoms with Crippen LogP contribution in [-0.2, 0) is 22.7 Å². The number of aromatic nitrogens is 4. The van der Waals surface area contributed by atoms with Crippen LogP contribution in [0.5, 0.6) is 0 Å². The maximum absolute atomic E-state index is 11.7. The van der Waals surface area contributed by atoms with Crippen molar-refractivity contribution in [3.63, 3.8) is 0 Å². The number of hydrogen-bond acceptors (Lipinski definition) is 12. The van der Waals surface area contributed by atoms with Crippen molar-refractivity contribution >= 4 is 26.8 Å². The van der Waals surface area contributed by atoms with Gasteiger partial charge in [-0.25, -0.2) is 14.3 Å². The average Bonchev–Trinajstić information content (AvgIpc) is 3.07. The molecule has 0 aliphatic carbocycles. The Morgan fingerprint density at radius 3 is 2.52 bits per heavy atom. The zero-order valence-corrected chi connectivity index (χ0v) is 20.8.